The van der Waals surface area contributed by atoms with Gasteiger partial charge in [0.25, 0.3) is 0 Å². The minimum Gasteiger partial charge on any atom is -0.366 e. The third-order valence-corrected chi connectivity index (χ3v) is 7.79. The highest BCUT2D eigenvalue weighted by Crippen LogP contribution is 2.41. The Hall–Kier alpha value is -4.18. The number of pyridine rings is 3. The van der Waals surface area contributed by atoms with Crippen LogP contribution in [0, 0.1) is 5.92 Å². The van der Waals surface area contributed by atoms with E-state index in [1.54, 1.807) is 10.7 Å². The second kappa shape index (κ2) is 9.60. The molecule has 0 aromatic carbocycles. The van der Waals surface area contributed by atoms with Crippen molar-refractivity contribution >= 4 is 34.1 Å². The van der Waals surface area contributed by atoms with E-state index in [-0.39, 0.29) is 0 Å². The minimum atomic E-state index is 0.348. The molecule has 10 nitrogen and oxygen atoms in total. The van der Waals surface area contributed by atoms with Crippen molar-refractivity contribution in [2.45, 2.75) is 44.6 Å². The first kappa shape index (κ1) is 23.0. The summed E-state index contributed by atoms with van der Waals surface area (Å²) in [6.45, 7) is 4.29. The molecule has 1 aliphatic heterocycles. The lowest BCUT2D eigenvalue weighted by Gasteiger charge is -2.32. The summed E-state index contributed by atoms with van der Waals surface area (Å²) in [4.78, 5) is 23.7. The monoisotopic (exact) mass is 506 g/mol. The third kappa shape index (κ3) is 4.30. The molecule has 2 atom stereocenters. The molecule has 38 heavy (non-hydrogen) atoms. The summed E-state index contributed by atoms with van der Waals surface area (Å²) in [5.74, 6) is 3.69. The average Bonchev–Trinajstić information content (AvgIpc) is 3.31. The Balaban J connectivity index is 1.28. The zero-order valence-corrected chi connectivity index (χ0v) is 21.3. The van der Waals surface area contributed by atoms with Gasteiger partial charge >= 0.3 is 0 Å². The Morgan fingerprint density at radius 1 is 1.05 bits per heavy atom. The molecule has 0 bridgehead atoms. The molecule has 5 aromatic heterocycles. The first-order valence-electron chi connectivity index (χ1n) is 13.4. The fraction of sp³-hybridized carbons (Fsp3) is 0.357. The van der Waals surface area contributed by atoms with Crippen LogP contribution in [0.25, 0.3) is 27.9 Å². The Morgan fingerprint density at radius 3 is 2.84 bits per heavy atom. The van der Waals surface area contributed by atoms with Crippen molar-refractivity contribution < 1.29 is 0 Å². The number of rotatable bonds is 6. The van der Waals surface area contributed by atoms with Crippen molar-refractivity contribution in [2.24, 2.45) is 5.92 Å². The van der Waals surface area contributed by atoms with Crippen molar-refractivity contribution in [2.75, 3.05) is 23.7 Å². The standard InChI is InChI=1S/C28H30N10/c1-17-14-29-10-9-21(17)32-27-25-20(18-5-4-6-18)15-30-16-22(25)33-26(36-27)19-8-11-31-23(13-19)34-28-35-24-7-2-3-12-38(24)37-28/h2-3,7-8,11-13,15-18,21,29H,4-6,9-10,14H2,1H3,(H,31,34,37)(H,32,33,36)/t17-,21-/m1/s1. The van der Waals surface area contributed by atoms with Gasteiger partial charge in [0.1, 0.15) is 11.6 Å². The van der Waals surface area contributed by atoms with Gasteiger partial charge in [-0.25, -0.2) is 19.5 Å². The number of piperidine rings is 1. The predicted molar refractivity (Wildman–Crippen MR) is 147 cm³/mol. The van der Waals surface area contributed by atoms with Crippen molar-refractivity contribution in [3.63, 3.8) is 0 Å². The number of hydrogen-bond acceptors (Lipinski definition) is 9. The zero-order valence-electron chi connectivity index (χ0n) is 21.3. The van der Waals surface area contributed by atoms with Crippen LogP contribution in [0.2, 0.25) is 0 Å². The molecule has 6 heterocycles. The topological polar surface area (TPSA) is 118 Å². The number of nitrogens with one attached hydrogen (secondary N) is 3. The maximum absolute atomic E-state index is 5.12. The number of aromatic nitrogens is 7. The Bertz CT molecular complexity index is 1580. The number of fused-ring (bicyclic) bond motifs is 2. The highest BCUT2D eigenvalue weighted by atomic mass is 15.3. The molecule has 0 radical (unpaired) electrons. The summed E-state index contributed by atoms with van der Waals surface area (Å²) >= 11 is 0. The van der Waals surface area contributed by atoms with Gasteiger partial charge in [-0.3, -0.25) is 4.98 Å². The first-order valence-corrected chi connectivity index (χ1v) is 13.4. The van der Waals surface area contributed by atoms with Gasteiger partial charge in [0.05, 0.1) is 11.7 Å². The van der Waals surface area contributed by atoms with E-state index in [0.29, 0.717) is 35.5 Å². The molecule has 3 N–H and O–H groups in total. The fourth-order valence-corrected chi connectivity index (χ4v) is 5.41. The van der Waals surface area contributed by atoms with Gasteiger partial charge in [0.2, 0.25) is 5.95 Å². The van der Waals surface area contributed by atoms with E-state index in [2.05, 4.69) is 42.9 Å². The molecule has 192 valence electrons. The van der Waals surface area contributed by atoms with Gasteiger partial charge < -0.3 is 16.0 Å². The van der Waals surface area contributed by atoms with Gasteiger partial charge in [-0.2, -0.15) is 4.98 Å². The van der Waals surface area contributed by atoms with Crippen LogP contribution >= 0.6 is 0 Å². The van der Waals surface area contributed by atoms with Crippen LogP contribution in [0.4, 0.5) is 17.6 Å². The van der Waals surface area contributed by atoms with Crippen molar-refractivity contribution in [1.29, 1.82) is 0 Å². The van der Waals surface area contributed by atoms with Gasteiger partial charge in [-0.15, -0.1) is 5.10 Å². The summed E-state index contributed by atoms with van der Waals surface area (Å²) in [5.41, 5.74) is 3.77. The summed E-state index contributed by atoms with van der Waals surface area (Å²) < 4.78 is 1.73. The molecule has 1 saturated carbocycles. The molecule has 5 aromatic rings. The summed E-state index contributed by atoms with van der Waals surface area (Å²) in [6, 6.07) is 9.99. The van der Waals surface area contributed by atoms with Crippen LogP contribution in [0.5, 0.6) is 0 Å². The van der Waals surface area contributed by atoms with Gasteiger partial charge in [0, 0.05) is 35.6 Å². The van der Waals surface area contributed by atoms with Crippen LogP contribution < -0.4 is 16.0 Å². The maximum Gasteiger partial charge on any atom is 0.248 e. The molecule has 10 heteroatoms. The van der Waals surface area contributed by atoms with Crippen LogP contribution in [0.15, 0.2) is 55.1 Å². The Kier molecular flexibility index (Phi) is 5.81. The maximum atomic E-state index is 5.12. The quantitative estimate of drug-likeness (QED) is 0.305. The second-order valence-corrected chi connectivity index (χ2v) is 10.4. The third-order valence-electron chi connectivity index (χ3n) is 7.79. The van der Waals surface area contributed by atoms with Crippen LogP contribution in [0.3, 0.4) is 0 Å². The first-order chi connectivity index (χ1) is 18.7. The van der Waals surface area contributed by atoms with Gasteiger partial charge in [-0.05, 0) is 74.0 Å². The van der Waals surface area contributed by atoms with Crippen molar-refractivity contribution in [3.8, 4) is 11.4 Å². The van der Waals surface area contributed by atoms with E-state index >= 15 is 0 Å². The summed E-state index contributed by atoms with van der Waals surface area (Å²) in [6.07, 6.45) is 12.2. The molecule has 0 spiro atoms. The van der Waals surface area contributed by atoms with Gasteiger partial charge in [0.15, 0.2) is 11.5 Å². The number of nitrogens with zero attached hydrogens (tertiary/aromatic N) is 7. The SMILES string of the molecule is C[C@@H]1CNCC[C@H]1Nc1nc(-c2ccnc(Nc3nc4ccccn4n3)c2)nc2cncc(C3CCC3)c12. The molecule has 1 aliphatic carbocycles. The molecular weight excluding hydrogens is 476 g/mol. The van der Waals surface area contributed by atoms with Crippen LogP contribution in [-0.4, -0.2) is 53.7 Å². The summed E-state index contributed by atoms with van der Waals surface area (Å²) in [7, 11) is 0. The molecule has 7 rings (SSSR count). The van der Waals surface area contributed by atoms with E-state index in [0.717, 1.165) is 47.4 Å². The largest absolute Gasteiger partial charge is 0.366 e. The Morgan fingerprint density at radius 2 is 2.00 bits per heavy atom. The van der Waals surface area contributed by atoms with Gasteiger partial charge in [-0.1, -0.05) is 19.4 Å². The average molecular weight is 507 g/mol. The summed E-state index contributed by atoms with van der Waals surface area (Å²) in [5, 5.41) is 16.1. The smallest absolute Gasteiger partial charge is 0.248 e. The van der Waals surface area contributed by atoms with E-state index in [4.69, 9.17) is 9.97 Å². The van der Waals surface area contributed by atoms with Crippen molar-refractivity contribution in [1.82, 2.24) is 39.9 Å². The highest BCUT2D eigenvalue weighted by Gasteiger charge is 2.27. The van der Waals surface area contributed by atoms with Crippen molar-refractivity contribution in [3.05, 3.63) is 60.7 Å². The molecule has 2 fully saturated rings. The molecule has 1 saturated heterocycles. The highest BCUT2D eigenvalue weighted by molar-refractivity contribution is 5.93. The van der Waals surface area contributed by atoms with Crippen LogP contribution in [0.1, 0.15) is 44.1 Å². The lowest BCUT2D eigenvalue weighted by atomic mass is 9.79. The minimum absolute atomic E-state index is 0.348. The lowest BCUT2D eigenvalue weighted by Crippen LogP contribution is -2.42. The van der Waals surface area contributed by atoms with E-state index in [1.165, 1.54) is 24.8 Å². The van der Waals surface area contributed by atoms with E-state index in [9.17, 15) is 0 Å². The van der Waals surface area contributed by atoms with E-state index < -0.39 is 0 Å². The predicted octanol–water partition coefficient (Wildman–Crippen LogP) is 4.55. The normalized spacial score (nSPS) is 19.9. The number of hydrogen-bond donors (Lipinski definition) is 3. The fourth-order valence-electron chi connectivity index (χ4n) is 5.41. The molecule has 0 amide bonds. The zero-order chi connectivity index (χ0) is 25.5. The molecule has 0 unspecified atom stereocenters. The number of anilines is 3. The second-order valence-electron chi connectivity index (χ2n) is 10.4. The lowest BCUT2D eigenvalue weighted by molar-refractivity contribution is 0.368. The molecular formula is C28H30N10. The van der Waals surface area contributed by atoms with Crippen LogP contribution in [-0.2, 0) is 0 Å². The molecule has 2 aliphatic rings. The van der Waals surface area contributed by atoms with E-state index in [1.807, 2.05) is 48.9 Å². The Labute approximate surface area is 220 Å².